The maximum atomic E-state index is 10.7. The maximum Gasteiger partial charge on any atom is 0.269 e. The summed E-state index contributed by atoms with van der Waals surface area (Å²) in [7, 11) is 0. The lowest BCUT2D eigenvalue weighted by molar-refractivity contribution is -0.384. The van der Waals surface area contributed by atoms with E-state index in [0.29, 0.717) is 6.61 Å². The average molecular weight is 328 g/mol. The minimum absolute atomic E-state index is 0.0297. The Labute approximate surface area is 140 Å². The second-order valence-electron chi connectivity index (χ2n) is 5.75. The number of nitro benzene ring substituents is 1. The Morgan fingerprint density at radius 3 is 2.54 bits per heavy atom. The molecular formula is C18H20N2O4. The van der Waals surface area contributed by atoms with E-state index in [1.165, 1.54) is 0 Å². The lowest BCUT2D eigenvalue weighted by atomic mass is 10.2. The standard InChI is InChI=1S/C18H20N2O4/c1-2-19(11-14-7-9-15(10-8-14)20(21)22)12-16-13-23-17-5-3-4-6-18(17)24-16/h3-10,16H,2,11-13H2,1H3. The molecule has 0 bridgehead atoms. The zero-order chi connectivity index (χ0) is 16.9. The molecule has 24 heavy (non-hydrogen) atoms. The van der Waals surface area contributed by atoms with Crippen molar-refractivity contribution in [2.24, 2.45) is 0 Å². The summed E-state index contributed by atoms with van der Waals surface area (Å²) >= 11 is 0. The van der Waals surface area contributed by atoms with Gasteiger partial charge in [0.15, 0.2) is 11.5 Å². The molecule has 1 unspecified atom stereocenters. The first-order valence-corrected chi connectivity index (χ1v) is 8.00. The average Bonchev–Trinajstić information content (AvgIpc) is 2.61. The van der Waals surface area contributed by atoms with Gasteiger partial charge in [0.1, 0.15) is 12.7 Å². The first kappa shape index (κ1) is 16.3. The molecular weight excluding hydrogens is 308 g/mol. The highest BCUT2D eigenvalue weighted by molar-refractivity contribution is 5.40. The summed E-state index contributed by atoms with van der Waals surface area (Å²) in [5, 5.41) is 10.7. The van der Waals surface area contributed by atoms with Gasteiger partial charge in [-0.1, -0.05) is 31.2 Å². The van der Waals surface area contributed by atoms with Crippen LogP contribution in [0.1, 0.15) is 12.5 Å². The molecule has 0 amide bonds. The molecule has 0 fully saturated rings. The summed E-state index contributed by atoms with van der Waals surface area (Å²) in [6.45, 7) is 4.92. The summed E-state index contributed by atoms with van der Waals surface area (Å²) in [6.07, 6.45) is -0.0297. The number of likely N-dealkylation sites (N-methyl/N-ethyl adjacent to an activating group) is 1. The van der Waals surface area contributed by atoms with Gasteiger partial charge in [-0.15, -0.1) is 0 Å². The number of non-ortho nitro benzene ring substituents is 1. The highest BCUT2D eigenvalue weighted by atomic mass is 16.6. The van der Waals surface area contributed by atoms with Crippen LogP contribution in [0, 0.1) is 10.1 Å². The van der Waals surface area contributed by atoms with Crippen LogP contribution >= 0.6 is 0 Å². The van der Waals surface area contributed by atoms with Crippen LogP contribution in [-0.4, -0.2) is 35.6 Å². The molecule has 0 radical (unpaired) electrons. The van der Waals surface area contributed by atoms with Crippen molar-refractivity contribution in [3.05, 3.63) is 64.2 Å². The minimum atomic E-state index is -0.383. The molecule has 126 valence electrons. The lowest BCUT2D eigenvalue weighted by Crippen LogP contribution is -2.40. The monoisotopic (exact) mass is 328 g/mol. The van der Waals surface area contributed by atoms with Crippen molar-refractivity contribution in [3.8, 4) is 11.5 Å². The molecule has 0 saturated heterocycles. The predicted octanol–water partition coefficient (Wildman–Crippen LogP) is 3.26. The Morgan fingerprint density at radius 1 is 1.17 bits per heavy atom. The predicted molar refractivity (Wildman–Crippen MR) is 90.4 cm³/mol. The Kier molecular flexibility index (Phi) is 4.96. The van der Waals surface area contributed by atoms with Gasteiger partial charge in [0.2, 0.25) is 0 Å². The third-order valence-electron chi connectivity index (χ3n) is 4.03. The number of fused-ring (bicyclic) bond motifs is 1. The second kappa shape index (κ2) is 7.31. The van der Waals surface area contributed by atoms with Gasteiger partial charge in [0, 0.05) is 25.2 Å². The third-order valence-corrected chi connectivity index (χ3v) is 4.03. The van der Waals surface area contributed by atoms with Crippen LogP contribution < -0.4 is 9.47 Å². The largest absolute Gasteiger partial charge is 0.486 e. The summed E-state index contributed by atoms with van der Waals surface area (Å²) in [6, 6.07) is 14.4. The van der Waals surface area contributed by atoms with Crippen LogP contribution in [0.2, 0.25) is 0 Å². The van der Waals surface area contributed by atoms with Gasteiger partial charge in [0.05, 0.1) is 4.92 Å². The lowest BCUT2D eigenvalue weighted by Gasteiger charge is -2.30. The van der Waals surface area contributed by atoms with Crippen LogP contribution in [0.15, 0.2) is 48.5 Å². The second-order valence-corrected chi connectivity index (χ2v) is 5.75. The smallest absolute Gasteiger partial charge is 0.269 e. The fraction of sp³-hybridized carbons (Fsp3) is 0.333. The van der Waals surface area contributed by atoms with Crippen molar-refractivity contribution in [2.45, 2.75) is 19.6 Å². The number of nitro groups is 1. The number of rotatable bonds is 6. The number of nitrogens with zero attached hydrogens (tertiary/aromatic N) is 2. The van der Waals surface area contributed by atoms with E-state index in [4.69, 9.17) is 9.47 Å². The Hall–Kier alpha value is -2.60. The molecule has 6 heteroatoms. The molecule has 1 heterocycles. The van der Waals surface area contributed by atoms with E-state index in [1.54, 1.807) is 24.3 Å². The first-order chi connectivity index (χ1) is 11.7. The van der Waals surface area contributed by atoms with Crippen molar-refractivity contribution in [1.82, 2.24) is 4.90 Å². The maximum absolute atomic E-state index is 10.7. The van der Waals surface area contributed by atoms with Crippen molar-refractivity contribution in [1.29, 1.82) is 0 Å². The van der Waals surface area contributed by atoms with E-state index in [0.717, 1.165) is 36.7 Å². The zero-order valence-corrected chi connectivity index (χ0v) is 13.6. The van der Waals surface area contributed by atoms with Crippen LogP contribution in [-0.2, 0) is 6.54 Å². The fourth-order valence-corrected chi connectivity index (χ4v) is 2.73. The number of hydrogen-bond donors (Lipinski definition) is 0. The van der Waals surface area contributed by atoms with Gasteiger partial charge in [0.25, 0.3) is 5.69 Å². The molecule has 0 aromatic heterocycles. The van der Waals surface area contributed by atoms with E-state index in [-0.39, 0.29) is 16.7 Å². The normalized spacial score (nSPS) is 16.2. The van der Waals surface area contributed by atoms with Crippen LogP contribution in [0.4, 0.5) is 5.69 Å². The van der Waals surface area contributed by atoms with Gasteiger partial charge >= 0.3 is 0 Å². The number of para-hydroxylation sites is 2. The summed E-state index contributed by atoms with van der Waals surface area (Å²) in [4.78, 5) is 12.6. The summed E-state index contributed by atoms with van der Waals surface area (Å²) in [5.74, 6) is 1.56. The summed E-state index contributed by atoms with van der Waals surface area (Å²) < 4.78 is 11.7. The van der Waals surface area contributed by atoms with E-state index < -0.39 is 0 Å². The molecule has 2 aromatic carbocycles. The molecule has 1 atom stereocenters. The fourth-order valence-electron chi connectivity index (χ4n) is 2.73. The highest BCUT2D eigenvalue weighted by Crippen LogP contribution is 2.31. The number of benzene rings is 2. The molecule has 1 aliphatic heterocycles. The van der Waals surface area contributed by atoms with E-state index >= 15 is 0 Å². The van der Waals surface area contributed by atoms with Crippen molar-refractivity contribution >= 4 is 5.69 Å². The number of ether oxygens (including phenoxy) is 2. The van der Waals surface area contributed by atoms with Crippen LogP contribution in [0.3, 0.4) is 0 Å². The van der Waals surface area contributed by atoms with Gasteiger partial charge < -0.3 is 9.47 Å². The van der Waals surface area contributed by atoms with Gasteiger partial charge in [-0.25, -0.2) is 0 Å². The molecule has 0 aliphatic carbocycles. The van der Waals surface area contributed by atoms with E-state index in [2.05, 4.69) is 11.8 Å². The van der Waals surface area contributed by atoms with Gasteiger partial charge in [-0.3, -0.25) is 15.0 Å². The molecule has 3 rings (SSSR count). The Bertz CT molecular complexity index is 702. The van der Waals surface area contributed by atoms with Crippen molar-refractivity contribution in [2.75, 3.05) is 19.7 Å². The summed E-state index contributed by atoms with van der Waals surface area (Å²) in [5.41, 5.74) is 1.15. The van der Waals surface area contributed by atoms with E-state index in [9.17, 15) is 10.1 Å². The third kappa shape index (κ3) is 3.83. The van der Waals surface area contributed by atoms with E-state index in [1.807, 2.05) is 24.3 Å². The van der Waals surface area contributed by atoms with Crippen LogP contribution in [0.5, 0.6) is 11.5 Å². The van der Waals surface area contributed by atoms with Crippen molar-refractivity contribution in [3.63, 3.8) is 0 Å². The first-order valence-electron chi connectivity index (χ1n) is 8.00. The Balaban J connectivity index is 1.60. The van der Waals surface area contributed by atoms with Crippen LogP contribution in [0.25, 0.3) is 0 Å². The minimum Gasteiger partial charge on any atom is -0.486 e. The molecule has 1 aliphatic rings. The van der Waals surface area contributed by atoms with Gasteiger partial charge in [-0.2, -0.15) is 0 Å². The number of hydrogen-bond acceptors (Lipinski definition) is 5. The molecule has 0 spiro atoms. The van der Waals surface area contributed by atoms with Crippen molar-refractivity contribution < 1.29 is 14.4 Å². The SMILES string of the molecule is CCN(Cc1ccc([N+](=O)[O-])cc1)CC1COc2ccccc2O1. The molecule has 6 nitrogen and oxygen atoms in total. The topological polar surface area (TPSA) is 64.8 Å². The molecule has 0 N–H and O–H groups in total. The Morgan fingerprint density at radius 2 is 1.88 bits per heavy atom. The molecule has 0 saturated carbocycles. The highest BCUT2D eigenvalue weighted by Gasteiger charge is 2.22. The molecule has 2 aromatic rings. The quantitative estimate of drug-likeness (QED) is 0.601. The van der Waals surface area contributed by atoms with Gasteiger partial charge in [-0.05, 0) is 24.2 Å². The zero-order valence-electron chi connectivity index (χ0n) is 13.6.